The number of alkyl halides is 1. The molecule has 0 radical (unpaired) electrons. The number of hydrogen-bond donors (Lipinski definition) is 1. The molecular formula is C11H23IN2. The van der Waals surface area contributed by atoms with Crippen molar-refractivity contribution in [1.29, 1.82) is 0 Å². The van der Waals surface area contributed by atoms with E-state index in [9.17, 15) is 0 Å². The maximum atomic E-state index is 3.41. The third-order valence-electron chi connectivity index (χ3n) is 3.24. The molecule has 0 aromatic carbocycles. The maximum Gasteiger partial charge on any atom is 0.0110 e. The van der Waals surface area contributed by atoms with Gasteiger partial charge in [-0.3, -0.25) is 4.90 Å². The topological polar surface area (TPSA) is 15.3 Å². The summed E-state index contributed by atoms with van der Waals surface area (Å²) in [5.41, 5.74) is 0. The van der Waals surface area contributed by atoms with Gasteiger partial charge in [-0.25, -0.2) is 0 Å². The molecule has 84 valence electrons. The van der Waals surface area contributed by atoms with Crippen LogP contribution in [0.1, 0.15) is 32.1 Å². The van der Waals surface area contributed by atoms with Crippen molar-refractivity contribution in [3.63, 3.8) is 0 Å². The van der Waals surface area contributed by atoms with Gasteiger partial charge < -0.3 is 5.32 Å². The van der Waals surface area contributed by atoms with Gasteiger partial charge in [-0.1, -0.05) is 41.9 Å². The number of piperazine rings is 1. The first-order valence-corrected chi connectivity index (χ1v) is 7.95. The second-order valence-electron chi connectivity index (χ2n) is 4.08. The third-order valence-corrected chi connectivity index (χ3v) is 3.24. The molecular weight excluding hydrogens is 287 g/mol. The predicted molar refractivity (Wildman–Crippen MR) is 71.3 cm³/mol. The van der Waals surface area contributed by atoms with Gasteiger partial charge in [-0.2, -0.15) is 0 Å². The monoisotopic (exact) mass is 310 g/mol. The second-order valence-corrected chi connectivity index (χ2v) is 4.08. The first kappa shape index (κ1) is 12.7. The van der Waals surface area contributed by atoms with Gasteiger partial charge in [0, 0.05) is 32.2 Å². The van der Waals surface area contributed by atoms with Gasteiger partial charge >= 0.3 is 0 Å². The summed E-state index contributed by atoms with van der Waals surface area (Å²) in [6, 6.07) is 0.931. The predicted octanol–water partition coefficient (Wildman–Crippen LogP) is 2.28. The minimum atomic E-state index is 0.931. The van der Waals surface area contributed by atoms with E-state index < -0.39 is 0 Å². The quantitative estimate of drug-likeness (QED) is 0.590. The summed E-state index contributed by atoms with van der Waals surface area (Å²) >= 11 is 2.15. The van der Waals surface area contributed by atoms with Gasteiger partial charge in [0.1, 0.15) is 0 Å². The molecule has 1 saturated heterocycles. The van der Waals surface area contributed by atoms with Gasteiger partial charge in [0.2, 0.25) is 0 Å². The van der Waals surface area contributed by atoms with E-state index in [-0.39, 0.29) is 0 Å². The van der Waals surface area contributed by atoms with Crippen molar-refractivity contribution in [3.05, 3.63) is 0 Å². The lowest BCUT2D eigenvalue weighted by atomic mass is 9.94. The Morgan fingerprint density at radius 3 is 2.14 bits per heavy atom. The molecule has 3 heteroatoms. The Bertz CT molecular complexity index is 113. The number of rotatable bonds is 1. The zero-order chi connectivity index (χ0) is 10.2. The lowest BCUT2D eigenvalue weighted by Gasteiger charge is -2.36. The molecule has 2 nitrogen and oxygen atoms in total. The van der Waals surface area contributed by atoms with Gasteiger partial charge in [0.25, 0.3) is 0 Å². The van der Waals surface area contributed by atoms with Crippen molar-refractivity contribution >= 4 is 22.6 Å². The first-order chi connectivity index (χ1) is 6.97. The van der Waals surface area contributed by atoms with E-state index in [2.05, 4.69) is 32.8 Å². The number of halogens is 1. The highest BCUT2D eigenvalue weighted by Gasteiger charge is 2.21. The lowest BCUT2D eigenvalue weighted by Crippen LogP contribution is -2.48. The van der Waals surface area contributed by atoms with Crippen LogP contribution in [-0.2, 0) is 0 Å². The van der Waals surface area contributed by atoms with Crippen LogP contribution in [0.5, 0.6) is 0 Å². The van der Waals surface area contributed by atoms with Crippen LogP contribution in [0.25, 0.3) is 0 Å². The van der Waals surface area contributed by atoms with Crippen LogP contribution in [0.2, 0.25) is 0 Å². The van der Waals surface area contributed by atoms with Crippen LogP contribution < -0.4 is 5.32 Å². The molecule has 2 aliphatic rings. The highest BCUT2D eigenvalue weighted by Crippen LogP contribution is 2.22. The summed E-state index contributed by atoms with van der Waals surface area (Å²) in [6.45, 7) is 4.97. The van der Waals surface area contributed by atoms with E-state index >= 15 is 0 Å². The standard InChI is InChI=1S/C10H20N2.CH3I/c1-2-4-10(5-3-1)12-8-6-11-7-9-12;1-2/h10-11H,1-9H2;1H3. The molecule has 0 bridgehead atoms. The van der Waals surface area contributed by atoms with Crippen LogP contribution in [0.15, 0.2) is 0 Å². The molecule has 1 aliphatic heterocycles. The lowest BCUT2D eigenvalue weighted by molar-refractivity contribution is 0.139. The fourth-order valence-electron chi connectivity index (χ4n) is 2.49. The van der Waals surface area contributed by atoms with Crippen molar-refractivity contribution in [2.45, 2.75) is 38.1 Å². The second kappa shape index (κ2) is 7.88. The fourth-order valence-corrected chi connectivity index (χ4v) is 2.49. The minimum absolute atomic E-state index is 0.931. The Balaban J connectivity index is 0.000000461. The zero-order valence-corrected chi connectivity index (χ0v) is 11.4. The normalized spacial score (nSPS) is 25.3. The zero-order valence-electron chi connectivity index (χ0n) is 9.27. The maximum absolute atomic E-state index is 3.41. The van der Waals surface area contributed by atoms with Crippen LogP contribution in [-0.4, -0.2) is 42.1 Å². The van der Waals surface area contributed by atoms with Crippen molar-refractivity contribution in [2.24, 2.45) is 0 Å². The summed E-state index contributed by atoms with van der Waals surface area (Å²) < 4.78 is 0. The van der Waals surface area contributed by atoms with Crippen molar-refractivity contribution in [1.82, 2.24) is 10.2 Å². The van der Waals surface area contributed by atoms with Crippen molar-refractivity contribution in [2.75, 3.05) is 31.1 Å². The molecule has 0 spiro atoms. The SMILES string of the molecule is C1CCC(N2CCNCC2)CC1.CI. The van der Waals surface area contributed by atoms with Gasteiger partial charge in [-0.05, 0) is 17.8 Å². The van der Waals surface area contributed by atoms with E-state index in [1.165, 1.54) is 58.3 Å². The Kier molecular flexibility index (Phi) is 7.16. The van der Waals surface area contributed by atoms with Gasteiger partial charge in [0.15, 0.2) is 0 Å². The highest BCUT2D eigenvalue weighted by molar-refractivity contribution is 14.1. The molecule has 0 atom stereocenters. The molecule has 1 heterocycles. The smallest absolute Gasteiger partial charge is 0.0110 e. The molecule has 2 fully saturated rings. The third kappa shape index (κ3) is 4.03. The first-order valence-electron chi connectivity index (χ1n) is 5.79. The molecule has 1 saturated carbocycles. The van der Waals surface area contributed by atoms with Crippen LogP contribution in [0.3, 0.4) is 0 Å². The minimum Gasteiger partial charge on any atom is -0.314 e. The Labute approximate surface area is 102 Å². The molecule has 0 amide bonds. The Hall–Kier alpha value is 0.650. The summed E-state index contributed by atoms with van der Waals surface area (Å²) in [5.74, 6) is 0. The molecule has 0 aromatic rings. The molecule has 0 aromatic heterocycles. The largest absolute Gasteiger partial charge is 0.314 e. The highest BCUT2D eigenvalue weighted by atomic mass is 127. The summed E-state index contributed by atoms with van der Waals surface area (Å²) in [5, 5.41) is 3.41. The average Bonchev–Trinajstić information content (AvgIpc) is 2.34. The van der Waals surface area contributed by atoms with Crippen LogP contribution in [0, 0.1) is 0 Å². The van der Waals surface area contributed by atoms with E-state index in [4.69, 9.17) is 0 Å². The number of nitrogens with zero attached hydrogens (tertiary/aromatic N) is 1. The number of hydrogen-bond acceptors (Lipinski definition) is 2. The van der Waals surface area contributed by atoms with Crippen LogP contribution in [0.4, 0.5) is 0 Å². The Morgan fingerprint density at radius 1 is 1.00 bits per heavy atom. The van der Waals surface area contributed by atoms with Crippen molar-refractivity contribution < 1.29 is 0 Å². The van der Waals surface area contributed by atoms with Gasteiger partial charge in [-0.15, -0.1) is 0 Å². The van der Waals surface area contributed by atoms with Crippen LogP contribution >= 0.6 is 22.6 Å². The van der Waals surface area contributed by atoms with E-state index in [1.54, 1.807) is 0 Å². The molecule has 1 N–H and O–H groups in total. The van der Waals surface area contributed by atoms with E-state index in [0.29, 0.717) is 0 Å². The summed E-state index contributed by atoms with van der Waals surface area (Å²) in [7, 11) is 0. The summed E-state index contributed by atoms with van der Waals surface area (Å²) in [4.78, 5) is 4.66. The average molecular weight is 310 g/mol. The molecule has 2 rings (SSSR count). The fraction of sp³-hybridized carbons (Fsp3) is 1.00. The molecule has 14 heavy (non-hydrogen) atoms. The molecule has 1 aliphatic carbocycles. The van der Waals surface area contributed by atoms with E-state index in [0.717, 1.165) is 6.04 Å². The van der Waals surface area contributed by atoms with Gasteiger partial charge in [0.05, 0.1) is 0 Å². The van der Waals surface area contributed by atoms with E-state index in [1.807, 2.05) is 4.93 Å². The van der Waals surface area contributed by atoms with Crippen molar-refractivity contribution in [3.8, 4) is 0 Å². The molecule has 0 unspecified atom stereocenters. The number of nitrogens with one attached hydrogen (secondary N) is 1. The Morgan fingerprint density at radius 2 is 1.57 bits per heavy atom. The summed E-state index contributed by atoms with van der Waals surface area (Å²) in [6.07, 6.45) is 7.33.